The van der Waals surface area contributed by atoms with Crippen LogP contribution < -0.4 is 0 Å². The largest absolute Gasteiger partial charge is 0.481 e. The molecule has 1 rings (SSSR count). The molecule has 138 valence electrons. The number of carbonyl (C=O) groups is 2. The molecule has 1 aliphatic heterocycles. The lowest BCUT2D eigenvalue weighted by Gasteiger charge is -2.39. The van der Waals surface area contributed by atoms with Gasteiger partial charge in [-0.1, -0.05) is 0 Å². The Morgan fingerprint density at radius 1 is 1.12 bits per heavy atom. The second-order valence-corrected chi connectivity index (χ2v) is 5.02. The van der Waals surface area contributed by atoms with Crippen molar-refractivity contribution in [3.8, 4) is 6.07 Å². The molecule has 1 fully saturated rings. The Labute approximate surface area is 141 Å². The van der Waals surface area contributed by atoms with Crippen LogP contribution in [0.25, 0.3) is 0 Å². The van der Waals surface area contributed by atoms with Crippen LogP contribution in [0, 0.1) is 11.3 Å². The number of allylic oxidation sites excluding steroid dienone is 2. The van der Waals surface area contributed by atoms with Crippen molar-refractivity contribution in [1.29, 1.82) is 5.26 Å². The van der Waals surface area contributed by atoms with Gasteiger partial charge in [-0.25, -0.2) is 4.79 Å². The van der Waals surface area contributed by atoms with E-state index in [0.717, 1.165) is 6.08 Å². The van der Waals surface area contributed by atoms with Crippen LogP contribution >= 0.6 is 0 Å². The average Bonchev–Trinajstić information content (AvgIpc) is 2.55. The number of aliphatic carboxylic acids is 2. The van der Waals surface area contributed by atoms with Crippen LogP contribution in [-0.4, -0.2) is 79.9 Å². The van der Waals surface area contributed by atoms with Gasteiger partial charge in [-0.3, -0.25) is 4.79 Å². The lowest BCUT2D eigenvalue weighted by Crippen LogP contribution is -2.59. The summed E-state index contributed by atoms with van der Waals surface area (Å²) in [5.74, 6) is -3.44. The molecule has 0 aliphatic carbocycles. The summed E-state index contributed by atoms with van der Waals surface area (Å²) in [6, 6.07) is 1.51. The molecule has 0 radical (unpaired) electrons. The van der Waals surface area contributed by atoms with Crippen LogP contribution in [0.15, 0.2) is 23.5 Å². The summed E-state index contributed by atoms with van der Waals surface area (Å²) in [5.41, 5.74) is -0.325. The van der Waals surface area contributed by atoms with E-state index in [-0.39, 0.29) is 5.57 Å². The van der Waals surface area contributed by atoms with Crippen molar-refractivity contribution < 1.29 is 49.7 Å². The van der Waals surface area contributed by atoms with E-state index in [9.17, 15) is 24.9 Å². The summed E-state index contributed by atoms with van der Waals surface area (Å²) in [5, 5.41) is 64.8. The highest BCUT2D eigenvalue weighted by molar-refractivity contribution is 5.81. The van der Waals surface area contributed by atoms with Gasteiger partial charge in [0.25, 0.3) is 0 Å². The van der Waals surface area contributed by atoms with Gasteiger partial charge in [-0.05, 0) is 6.08 Å². The lowest BCUT2D eigenvalue weighted by atomic mass is 9.99. The highest BCUT2D eigenvalue weighted by Crippen LogP contribution is 2.25. The van der Waals surface area contributed by atoms with Gasteiger partial charge in [0.15, 0.2) is 0 Å². The van der Waals surface area contributed by atoms with Crippen molar-refractivity contribution in [3.63, 3.8) is 0 Å². The smallest absolute Gasteiger partial charge is 0.328 e. The van der Waals surface area contributed by atoms with Gasteiger partial charge < -0.3 is 40.1 Å². The molecule has 0 aromatic rings. The Hall–Kier alpha value is -2.49. The molecule has 5 atom stereocenters. The van der Waals surface area contributed by atoms with Crippen molar-refractivity contribution >= 4 is 11.9 Å². The molecule has 0 saturated carbocycles. The molecule has 0 aromatic carbocycles. The topological polar surface area (TPSA) is 198 Å². The molecule has 25 heavy (non-hydrogen) atoms. The second-order valence-electron chi connectivity index (χ2n) is 5.02. The molecule has 0 aromatic heterocycles. The summed E-state index contributed by atoms with van der Waals surface area (Å²) in [7, 11) is 0. The Morgan fingerprint density at radius 2 is 1.76 bits per heavy atom. The van der Waals surface area contributed by atoms with E-state index in [1.165, 1.54) is 6.07 Å². The number of rotatable bonds is 7. The maximum absolute atomic E-state index is 10.9. The predicted molar refractivity (Wildman–Crippen MR) is 76.5 cm³/mol. The quantitative estimate of drug-likeness (QED) is 0.124. The third-order valence-corrected chi connectivity index (χ3v) is 3.24. The maximum atomic E-state index is 10.9. The van der Waals surface area contributed by atoms with Crippen LogP contribution in [-0.2, 0) is 19.1 Å². The van der Waals surface area contributed by atoms with Gasteiger partial charge in [0.1, 0.15) is 30.5 Å². The molecule has 6 N–H and O–H groups in total. The van der Waals surface area contributed by atoms with E-state index in [0.29, 0.717) is 6.08 Å². The minimum absolute atomic E-state index is 0.325. The Kier molecular flexibility index (Phi) is 7.49. The van der Waals surface area contributed by atoms with E-state index in [1.54, 1.807) is 0 Å². The molecule has 0 bridgehead atoms. The maximum Gasteiger partial charge on any atom is 0.328 e. The summed E-state index contributed by atoms with van der Waals surface area (Å²) >= 11 is 0. The highest BCUT2D eigenvalue weighted by Gasteiger charge is 2.45. The first-order valence-corrected chi connectivity index (χ1v) is 6.94. The van der Waals surface area contributed by atoms with E-state index in [1.807, 2.05) is 0 Å². The number of carboxylic acids is 2. The molecule has 11 heteroatoms. The van der Waals surface area contributed by atoms with Crippen molar-refractivity contribution in [3.05, 3.63) is 23.5 Å². The van der Waals surface area contributed by atoms with Gasteiger partial charge in [0.2, 0.25) is 12.0 Å². The molecule has 0 unspecified atom stereocenters. The normalized spacial score (nSPS) is 30.4. The molecular weight excluding hydrogens is 342 g/mol. The summed E-state index contributed by atoms with van der Waals surface area (Å²) in [4.78, 5) is 21.4. The minimum Gasteiger partial charge on any atom is -0.481 e. The van der Waals surface area contributed by atoms with Crippen LogP contribution in [0.5, 0.6) is 0 Å². The lowest BCUT2D eigenvalue weighted by molar-refractivity contribution is -0.290. The number of carboxylic acid groups (broad SMARTS) is 2. The van der Waals surface area contributed by atoms with E-state index < -0.39 is 61.4 Å². The minimum atomic E-state index is -1.81. The van der Waals surface area contributed by atoms with Gasteiger partial charge in [-0.15, -0.1) is 0 Å². The van der Waals surface area contributed by atoms with Gasteiger partial charge in [0, 0.05) is 11.6 Å². The summed E-state index contributed by atoms with van der Waals surface area (Å²) in [6.07, 6.45) is -7.54. The standard InChI is InChI=1S/C14H17NO10/c15-4-7(6(3-10(19)20)1-2-9(17)18)24-14-13(23)12(22)11(21)8(5-16)25-14/h1-2,8,11-14,16,21-23H,3,5H2,(H,17,18)(H,19,20)/b2-1+,7-6-/t8-,11+,12+,13+,14-/m1/s1. The SMILES string of the molecule is N#C/C(O[C@@H]1O[C@H](CO)[C@H](O)[C@H](O)[C@@H]1O)=C(\C=C\C(=O)O)CC(=O)O. The zero-order chi connectivity index (χ0) is 19.1. The van der Waals surface area contributed by atoms with Crippen molar-refractivity contribution in [2.45, 2.75) is 37.1 Å². The van der Waals surface area contributed by atoms with Crippen LogP contribution in [0.4, 0.5) is 0 Å². The predicted octanol–water partition coefficient (Wildman–Crippen LogP) is -2.30. The zero-order valence-electron chi connectivity index (χ0n) is 12.7. The number of hydrogen-bond donors (Lipinski definition) is 6. The first kappa shape index (κ1) is 20.6. The molecule has 1 heterocycles. The van der Waals surface area contributed by atoms with Gasteiger partial charge in [0.05, 0.1) is 13.0 Å². The Bertz CT molecular complexity index is 605. The zero-order valence-corrected chi connectivity index (χ0v) is 12.7. The van der Waals surface area contributed by atoms with Crippen molar-refractivity contribution in [1.82, 2.24) is 0 Å². The monoisotopic (exact) mass is 359 g/mol. The van der Waals surface area contributed by atoms with Gasteiger partial charge >= 0.3 is 11.9 Å². The highest BCUT2D eigenvalue weighted by atomic mass is 16.7. The van der Waals surface area contributed by atoms with Crippen molar-refractivity contribution in [2.75, 3.05) is 6.61 Å². The third kappa shape index (κ3) is 5.52. The molecule has 11 nitrogen and oxygen atoms in total. The molecular formula is C14H17NO10. The molecule has 1 saturated heterocycles. The summed E-state index contributed by atoms with van der Waals surface area (Å²) < 4.78 is 10.1. The van der Waals surface area contributed by atoms with E-state index in [2.05, 4.69) is 0 Å². The number of aliphatic hydroxyl groups is 4. The Balaban J connectivity index is 3.12. The first-order valence-electron chi connectivity index (χ1n) is 6.94. The number of aliphatic hydroxyl groups excluding tert-OH is 4. The molecule has 0 spiro atoms. The fraction of sp³-hybridized carbons (Fsp3) is 0.500. The number of ether oxygens (including phenoxy) is 2. The number of hydrogen-bond acceptors (Lipinski definition) is 9. The van der Waals surface area contributed by atoms with Gasteiger partial charge in [-0.2, -0.15) is 5.26 Å². The number of nitrogens with zero attached hydrogens (tertiary/aromatic N) is 1. The molecule has 0 amide bonds. The Morgan fingerprint density at radius 3 is 2.24 bits per heavy atom. The average molecular weight is 359 g/mol. The van der Waals surface area contributed by atoms with E-state index in [4.69, 9.17) is 30.1 Å². The van der Waals surface area contributed by atoms with E-state index >= 15 is 0 Å². The summed E-state index contributed by atoms with van der Waals surface area (Å²) in [6.45, 7) is -0.725. The van der Waals surface area contributed by atoms with Crippen LogP contribution in [0.3, 0.4) is 0 Å². The van der Waals surface area contributed by atoms with Crippen LogP contribution in [0.1, 0.15) is 6.42 Å². The van der Waals surface area contributed by atoms with Crippen LogP contribution in [0.2, 0.25) is 0 Å². The van der Waals surface area contributed by atoms with Crippen molar-refractivity contribution in [2.24, 2.45) is 0 Å². The fourth-order valence-electron chi connectivity index (χ4n) is 2.00. The fourth-order valence-corrected chi connectivity index (χ4v) is 2.00. The second kappa shape index (κ2) is 9.11. The third-order valence-electron chi connectivity index (χ3n) is 3.24. The molecule has 1 aliphatic rings. The first-order chi connectivity index (χ1) is 11.7. The number of nitriles is 1.